The molecule has 12 nitrogen and oxygen atoms in total. The van der Waals surface area contributed by atoms with Gasteiger partial charge in [-0.15, -0.1) is 0 Å². The fourth-order valence-electron chi connectivity index (χ4n) is 5.66. The van der Waals surface area contributed by atoms with E-state index in [2.05, 4.69) is 5.32 Å². The molecule has 0 radical (unpaired) electrons. The largest absolute Gasteiger partial charge is 0.497 e. The number of amides is 2. The van der Waals surface area contributed by atoms with E-state index in [0.717, 1.165) is 36.1 Å². The third kappa shape index (κ3) is 8.33. The predicted octanol–water partition coefficient (Wildman–Crippen LogP) is 5.64. The van der Waals surface area contributed by atoms with E-state index in [1.165, 1.54) is 56.4 Å². The second kappa shape index (κ2) is 15.5. The third-order valence-electron chi connectivity index (χ3n) is 8.25. The summed E-state index contributed by atoms with van der Waals surface area (Å²) in [6.07, 6.45) is 3.96. The van der Waals surface area contributed by atoms with Gasteiger partial charge < -0.3 is 19.7 Å². The number of nitrogens with zero attached hydrogens (tertiary/aromatic N) is 3. The number of nitro benzene ring substituents is 1. The normalized spacial score (nSPS) is 13.9. The summed E-state index contributed by atoms with van der Waals surface area (Å²) >= 11 is 6.30. The standard InChI is InChI=1S/C33H39ClN4O8S/c1-5-28(33(40)35-25-8-6-7-9-25)36(20-23-11-14-26(45-3)15-12-23)32(39)21-37(30-18-24(34)13-17-31(30)46-4)47(43,44)27-16-10-22(2)29(19-27)38(41)42/h10-19,25,28H,5-9,20-21H2,1-4H3,(H,35,40)/t28-/m0/s1. The minimum Gasteiger partial charge on any atom is -0.497 e. The molecule has 1 N–H and O–H groups in total. The minimum atomic E-state index is -4.63. The first-order valence-corrected chi connectivity index (χ1v) is 17.1. The molecule has 1 saturated carbocycles. The summed E-state index contributed by atoms with van der Waals surface area (Å²) < 4.78 is 40.2. The molecule has 47 heavy (non-hydrogen) atoms. The van der Waals surface area contributed by atoms with Crippen LogP contribution in [0.4, 0.5) is 11.4 Å². The first-order valence-electron chi connectivity index (χ1n) is 15.2. The Morgan fingerprint density at radius 3 is 2.32 bits per heavy atom. The molecule has 3 aromatic carbocycles. The van der Waals surface area contributed by atoms with Crippen LogP contribution >= 0.6 is 11.6 Å². The van der Waals surface area contributed by atoms with Crippen LogP contribution in [-0.2, 0) is 26.2 Å². The average Bonchev–Trinajstić information content (AvgIpc) is 3.56. The Morgan fingerprint density at radius 2 is 1.72 bits per heavy atom. The zero-order valence-corrected chi connectivity index (χ0v) is 28.3. The fourth-order valence-corrected chi connectivity index (χ4v) is 7.26. The van der Waals surface area contributed by atoms with Crippen molar-refractivity contribution in [2.75, 3.05) is 25.1 Å². The van der Waals surface area contributed by atoms with Crippen LogP contribution in [0.5, 0.6) is 11.5 Å². The second-order valence-electron chi connectivity index (χ2n) is 11.3. The van der Waals surface area contributed by atoms with Crippen LogP contribution in [0, 0.1) is 17.0 Å². The van der Waals surface area contributed by atoms with Crippen molar-refractivity contribution in [1.82, 2.24) is 10.2 Å². The van der Waals surface area contributed by atoms with Gasteiger partial charge >= 0.3 is 0 Å². The molecule has 1 aliphatic rings. The van der Waals surface area contributed by atoms with Crippen molar-refractivity contribution in [2.45, 2.75) is 69.5 Å². The van der Waals surface area contributed by atoms with Gasteiger partial charge in [0.25, 0.3) is 15.7 Å². The highest BCUT2D eigenvalue weighted by Crippen LogP contribution is 2.36. The summed E-state index contributed by atoms with van der Waals surface area (Å²) in [6, 6.07) is 13.9. The molecular weight excluding hydrogens is 648 g/mol. The number of hydrogen-bond donors (Lipinski definition) is 1. The Bertz CT molecular complexity index is 1710. The molecule has 0 unspecified atom stereocenters. The maximum absolute atomic E-state index is 14.4. The molecule has 0 bridgehead atoms. The molecule has 0 spiro atoms. The lowest BCUT2D eigenvalue weighted by molar-refractivity contribution is -0.385. The summed E-state index contributed by atoms with van der Waals surface area (Å²) in [5.74, 6) is -0.304. The molecule has 1 fully saturated rings. The van der Waals surface area contributed by atoms with Crippen LogP contribution in [0.3, 0.4) is 0 Å². The van der Waals surface area contributed by atoms with Crippen molar-refractivity contribution in [3.05, 3.63) is 86.9 Å². The SMILES string of the molecule is CC[C@@H](C(=O)NC1CCCC1)N(Cc1ccc(OC)cc1)C(=O)CN(c1cc(Cl)ccc1OC)S(=O)(=O)c1ccc(C)c([N+](=O)[O-])c1. The molecule has 14 heteroatoms. The molecule has 0 heterocycles. The van der Waals surface area contributed by atoms with Gasteiger partial charge in [0.15, 0.2) is 0 Å². The summed E-state index contributed by atoms with van der Waals surface area (Å²) in [4.78, 5) is 40.1. The lowest BCUT2D eigenvalue weighted by atomic mass is 10.1. The zero-order valence-electron chi connectivity index (χ0n) is 26.8. The second-order valence-corrected chi connectivity index (χ2v) is 13.6. The topological polar surface area (TPSA) is 148 Å². The molecule has 1 atom stereocenters. The van der Waals surface area contributed by atoms with Gasteiger partial charge in [0.2, 0.25) is 11.8 Å². The lowest BCUT2D eigenvalue weighted by Gasteiger charge is -2.34. The summed E-state index contributed by atoms with van der Waals surface area (Å²) in [6.45, 7) is 2.52. The van der Waals surface area contributed by atoms with E-state index in [1.807, 2.05) is 0 Å². The van der Waals surface area contributed by atoms with E-state index in [1.54, 1.807) is 31.2 Å². The van der Waals surface area contributed by atoms with Crippen molar-refractivity contribution < 1.29 is 32.4 Å². The minimum absolute atomic E-state index is 0.000542. The maximum Gasteiger partial charge on any atom is 0.273 e. The van der Waals surface area contributed by atoms with Crippen LogP contribution < -0.4 is 19.1 Å². The number of methoxy groups -OCH3 is 2. The van der Waals surface area contributed by atoms with Gasteiger partial charge in [0, 0.05) is 29.2 Å². The Hall–Kier alpha value is -4.36. The Labute approximate surface area is 279 Å². The van der Waals surface area contributed by atoms with Gasteiger partial charge in [-0.3, -0.25) is 24.0 Å². The van der Waals surface area contributed by atoms with E-state index in [9.17, 15) is 28.1 Å². The number of nitro groups is 1. The number of ether oxygens (including phenoxy) is 2. The first-order chi connectivity index (χ1) is 22.4. The third-order valence-corrected chi connectivity index (χ3v) is 10.2. The highest BCUT2D eigenvalue weighted by molar-refractivity contribution is 7.92. The molecule has 4 rings (SSSR count). The molecule has 0 saturated heterocycles. The number of sulfonamides is 1. The fraction of sp³-hybridized carbons (Fsp3) is 0.394. The van der Waals surface area contributed by atoms with E-state index < -0.39 is 44.0 Å². The number of hydrogen-bond acceptors (Lipinski definition) is 8. The van der Waals surface area contributed by atoms with Crippen LogP contribution in [0.2, 0.25) is 5.02 Å². The number of rotatable bonds is 14. The van der Waals surface area contributed by atoms with E-state index in [4.69, 9.17) is 21.1 Å². The van der Waals surface area contributed by atoms with Crippen molar-refractivity contribution in [3.8, 4) is 11.5 Å². The molecule has 252 valence electrons. The van der Waals surface area contributed by atoms with E-state index in [-0.39, 0.29) is 46.9 Å². The van der Waals surface area contributed by atoms with Crippen LogP contribution in [0.15, 0.2) is 65.6 Å². The molecule has 3 aromatic rings. The maximum atomic E-state index is 14.4. The van der Waals surface area contributed by atoms with Gasteiger partial charge in [0.1, 0.15) is 24.1 Å². The van der Waals surface area contributed by atoms with Crippen LogP contribution in [0.25, 0.3) is 0 Å². The van der Waals surface area contributed by atoms with Gasteiger partial charge in [-0.05, 0) is 68.1 Å². The molecule has 1 aliphatic carbocycles. The van der Waals surface area contributed by atoms with Crippen LogP contribution in [0.1, 0.15) is 50.2 Å². The average molecular weight is 687 g/mol. The highest BCUT2D eigenvalue weighted by Gasteiger charge is 2.36. The predicted molar refractivity (Wildman–Crippen MR) is 178 cm³/mol. The number of nitrogens with one attached hydrogen (secondary N) is 1. The quantitative estimate of drug-likeness (QED) is 0.169. The highest BCUT2D eigenvalue weighted by atomic mass is 35.5. The summed E-state index contributed by atoms with van der Waals surface area (Å²) in [5.41, 5.74) is 0.507. The van der Waals surface area contributed by atoms with Gasteiger partial charge in [0.05, 0.1) is 29.7 Å². The summed E-state index contributed by atoms with van der Waals surface area (Å²) in [5, 5.41) is 15.0. The molecular formula is C33H39ClN4O8S. The Balaban J connectivity index is 1.81. The summed E-state index contributed by atoms with van der Waals surface area (Å²) in [7, 11) is -1.76. The van der Waals surface area contributed by atoms with Crippen LogP contribution in [-0.4, -0.2) is 62.9 Å². The molecule has 0 aromatic heterocycles. The van der Waals surface area contributed by atoms with Gasteiger partial charge in [-0.25, -0.2) is 8.42 Å². The lowest BCUT2D eigenvalue weighted by Crippen LogP contribution is -2.53. The number of carbonyl (C=O) groups excluding carboxylic acids is 2. The monoisotopic (exact) mass is 686 g/mol. The number of benzene rings is 3. The first kappa shape index (κ1) is 35.5. The molecule has 2 amide bonds. The number of carbonyl (C=O) groups is 2. The van der Waals surface area contributed by atoms with Gasteiger partial charge in [-0.2, -0.15) is 0 Å². The number of halogens is 1. The number of anilines is 1. The molecule has 0 aliphatic heterocycles. The van der Waals surface area contributed by atoms with Crippen molar-refractivity contribution in [2.24, 2.45) is 0 Å². The van der Waals surface area contributed by atoms with Crippen molar-refractivity contribution >= 4 is 44.8 Å². The zero-order chi connectivity index (χ0) is 34.3. The van der Waals surface area contributed by atoms with E-state index >= 15 is 0 Å². The Kier molecular flexibility index (Phi) is 11.7. The smallest absolute Gasteiger partial charge is 0.273 e. The van der Waals surface area contributed by atoms with Crippen molar-refractivity contribution in [3.63, 3.8) is 0 Å². The number of aryl methyl sites for hydroxylation is 1. The Morgan fingerprint density at radius 1 is 1.04 bits per heavy atom. The van der Waals surface area contributed by atoms with Gasteiger partial charge in [-0.1, -0.05) is 49.6 Å². The van der Waals surface area contributed by atoms with E-state index in [0.29, 0.717) is 11.3 Å². The van der Waals surface area contributed by atoms with Crippen molar-refractivity contribution in [1.29, 1.82) is 0 Å².